The maximum Gasteiger partial charge on any atom is 0.205 e. The summed E-state index contributed by atoms with van der Waals surface area (Å²) in [6.45, 7) is 0. The van der Waals surface area contributed by atoms with Gasteiger partial charge in [0.1, 0.15) is 0 Å². The van der Waals surface area contributed by atoms with E-state index in [-0.39, 0.29) is 0 Å². The molecule has 0 aliphatic heterocycles. The fourth-order valence-corrected chi connectivity index (χ4v) is 2.89. The first-order valence-corrected chi connectivity index (χ1v) is 7.05. The van der Waals surface area contributed by atoms with Gasteiger partial charge in [0, 0.05) is 10.8 Å². The average Bonchev–Trinajstić information content (AvgIpc) is 2.96. The van der Waals surface area contributed by atoms with Crippen molar-refractivity contribution in [2.24, 2.45) is 0 Å². The van der Waals surface area contributed by atoms with E-state index in [4.69, 9.17) is 23.7 Å². The molecule has 0 amide bonds. The normalized spacial score (nSPS) is 10.8. The second-order valence-corrected chi connectivity index (χ2v) is 4.92. The van der Waals surface area contributed by atoms with E-state index in [1.54, 1.807) is 35.5 Å². The fraction of sp³-hybridized carbons (Fsp3) is 0.294. The van der Waals surface area contributed by atoms with E-state index in [2.05, 4.69) is 4.98 Å². The molecule has 0 spiro atoms. The molecule has 0 aliphatic rings. The monoisotopic (exact) mass is 317 g/mol. The number of aromatic amines is 1. The van der Waals surface area contributed by atoms with Crippen LogP contribution in [0, 0.1) is 0 Å². The summed E-state index contributed by atoms with van der Waals surface area (Å²) >= 11 is 0. The predicted octanol–water partition coefficient (Wildman–Crippen LogP) is 3.36. The zero-order valence-electron chi connectivity index (χ0n) is 13.8. The number of nitrogens with one attached hydrogen (secondary N) is 1. The lowest BCUT2D eigenvalue weighted by Gasteiger charge is -2.12. The molecule has 0 saturated heterocycles. The molecular formula is C17H19NO5. The highest BCUT2D eigenvalue weighted by Gasteiger charge is 2.21. The number of hydrogen-bond acceptors (Lipinski definition) is 5. The van der Waals surface area contributed by atoms with E-state index in [0.717, 1.165) is 21.8 Å². The van der Waals surface area contributed by atoms with E-state index in [9.17, 15) is 0 Å². The fourth-order valence-electron chi connectivity index (χ4n) is 2.89. The van der Waals surface area contributed by atoms with Crippen LogP contribution in [0.25, 0.3) is 21.8 Å². The van der Waals surface area contributed by atoms with Gasteiger partial charge < -0.3 is 28.7 Å². The molecule has 0 atom stereocenters. The molecule has 0 unspecified atom stereocenters. The van der Waals surface area contributed by atoms with Crippen LogP contribution >= 0.6 is 0 Å². The lowest BCUT2D eigenvalue weighted by Crippen LogP contribution is -1.95. The van der Waals surface area contributed by atoms with E-state index >= 15 is 0 Å². The van der Waals surface area contributed by atoms with Gasteiger partial charge in [0.05, 0.1) is 46.6 Å². The zero-order chi connectivity index (χ0) is 16.6. The summed E-state index contributed by atoms with van der Waals surface area (Å²) in [7, 11) is 8.00. The highest BCUT2D eigenvalue weighted by molar-refractivity contribution is 6.13. The van der Waals surface area contributed by atoms with Crippen LogP contribution in [0.2, 0.25) is 0 Å². The first-order chi connectivity index (χ1) is 11.2. The molecule has 3 aromatic rings. The van der Waals surface area contributed by atoms with Crippen molar-refractivity contribution >= 4 is 21.8 Å². The van der Waals surface area contributed by atoms with Crippen molar-refractivity contribution in [2.75, 3.05) is 35.5 Å². The summed E-state index contributed by atoms with van der Waals surface area (Å²) in [5, 5.41) is 1.94. The second-order valence-electron chi connectivity index (χ2n) is 4.92. The molecule has 0 fully saturated rings. The van der Waals surface area contributed by atoms with Crippen LogP contribution in [0.15, 0.2) is 18.2 Å². The van der Waals surface area contributed by atoms with Crippen molar-refractivity contribution in [3.63, 3.8) is 0 Å². The van der Waals surface area contributed by atoms with Crippen LogP contribution in [-0.2, 0) is 0 Å². The Balaban J connectivity index is 2.48. The van der Waals surface area contributed by atoms with Crippen LogP contribution in [0.4, 0.5) is 0 Å². The number of fused-ring (bicyclic) bond motifs is 3. The van der Waals surface area contributed by atoms with Gasteiger partial charge in [-0.25, -0.2) is 0 Å². The van der Waals surface area contributed by atoms with Crippen molar-refractivity contribution in [1.29, 1.82) is 0 Å². The molecule has 1 aromatic heterocycles. The van der Waals surface area contributed by atoms with Crippen molar-refractivity contribution in [3.8, 4) is 28.7 Å². The molecule has 122 valence electrons. The van der Waals surface area contributed by atoms with E-state index < -0.39 is 0 Å². The smallest absolute Gasteiger partial charge is 0.205 e. The maximum absolute atomic E-state index is 5.54. The average molecular weight is 317 g/mol. The quantitative estimate of drug-likeness (QED) is 0.782. The lowest BCUT2D eigenvalue weighted by atomic mass is 10.1. The lowest BCUT2D eigenvalue weighted by molar-refractivity contribution is 0.327. The van der Waals surface area contributed by atoms with Crippen LogP contribution in [-0.4, -0.2) is 40.5 Å². The number of benzene rings is 2. The number of H-pyrrole nitrogens is 1. The second kappa shape index (κ2) is 5.79. The van der Waals surface area contributed by atoms with Crippen molar-refractivity contribution < 1.29 is 23.7 Å². The van der Waals surface area contributed by atoms with E-state index in [1.165, 1.54) is 0 Å². The van der Waals surface area contributed by atoms with Gasteiger partial charge in [0.25, 0.3) is 0 Å². The number of hydrogen-bond donors (Lipinski definition) is 1. The summed E-state index contributed by atoms with van der Waals surface area (Å²) in [5.41, 5.74) is 1.64. The summed E-state index contributed by atoms with van der Waals surface area (Å²) in [5.74, 6) is 3.03. The molecule has 0 radical (unpaired) electrons. The SMILES string of the molecule is COc1cc2c([nH]c3c(OC)c(OC)ccc32)c(OC)c1OC. The first-order valence-electron chi connectivity index (χ1n) is 7.05. The third kappa shape index (κ3) is 2.10. The molecule has 1 heterocycles. The highest BCUT2D eigenvalue weighted by Crippen LogP contribution is 2.47. The van der Waals surface area contributed by atoms with Crippen molar-refractivity contribution in [1.82, 2.24) is 4.98 Å². The Hall–Kier alpha value is -2.76. The molecule has 0 aliphatic carbocycles. The topological polar surface area (TPSA) is 61.9 Å². The standard InChI is InChI=1S/C17H19NO5/c1-19-11-7-6-9-10-8-12(20-2)16(22-4)17(23-5)14(10)18-13(9)15(11)21-3/h6-8,18H,1-5H3. The zero-order valence-corrected chi connectivity index (χ0v) is 13.8. The Morgan fingerprint density at radius 2 is 1.22 bits per heavy atom. The molecule has 6 heteroatoms. The molecule has 0 saturated carbocycles. The van der Waals surface area contributed by atoms with Crippen molar-refractivity contribution in [3.05, 3.63) is 18.2 Å². The number of ether oxygens (including phenoxy) is 5. The third-order valence-corrected chi connectivity index (χ3v) is 3.92. The summed E-state index contributed by atoms with van der Waals surface area (Å²) in [6, 6.07) is 5.76. The Labute approximate surface area is 133 Å². The van der Waals surface area contributed by atoms with Gasteiger partial charge >= 0.3 is 0 Å². The van der Waals surface area contributed by atoms with Gasteiger partial charge in [-0.2, -0.15) is 0 Å². The third-order valence-electron chi connectivity index (χ3n) is 3.92. The van der Waals surface area contributed by atoms with Gasteiger partial charge in [-0.05, 0) is 18.2 Å². The van der Waals surface area contributed by atoms with Crippen LogP contribution < -0.4 is 23.7 Å². The molecule has 2 aromatic carbocycles. The minimum absolute atomic E-state index is 0.542. The molecule has 0 bridgehead atoms. The molecule has 3 rings (SSSR count). The minimum Gasteiger partial charge on any atom is -0.493 e. The molecule has 1 N–H and O–H groups in total. The summed E-state index contributed by atoms with van der Waals surface area (Å²) in [6.07, 6.45) is 0. The van der Waals surface area contributed by atoms with Crippen molar-refractivity contribution in [2.45, 2.75) is 0 Å². The molecule has 23 heavy (non-hydrogen) atoms. The van der Waals surface area contributed by atoms with E-state index in [0.29, 0.717) is 28.7 Å². The number of methoxy groups -OCH3 is 5. The maximum atomic E-state index is 5.54. The number of aromatic nitrogens is 1. The van der Waals surface area contributed by atoms with Crippen LogP contribution in [0.3, 0.4) is 0 Å². The van der Waals surface area contributed by atoms with Gasteiger partial charge in [0.15, 0.2) is 23.0 Å². The van der Waals surface area contributed by atoms with Gasteiger partial charge in [-0.1, -0.05) is 0 Å². The van der Waals surface area contributed by atoms with E-state index in [1.807, 2.05) is 18.2 Å². The Kier molecular flexibility index (Phi) is 3.82. The Morgan fingerprint density at radius 1 is 0.609 bits per heavy atom. The summed E-state index contributed by atoms with van der Waals surface area (Å²) in [4.78, 5) is 3.35. The van der Waals surface area contributed by atoms with Crippen LogP contribution in [0.1, 0.15) is 0 Å². The largest absolute Gasteiger partial charge is 0.493 e. The number of rotatable bonds is 5. The van der Waals surface area contributed by atoms with Crippen LogP contribution in [0.5, 0.6) is 28.7 Å². The Bertz CT molecular complexity index is 869. The Morgan fingerprint density at radius 3 is 1.78 bits per heavy atom. The van der Waals surface area contributed by atoms with Gasteiger partial charge in [-0.3, -0.25) is 0 Å². The minimum atomic E-state index is 0.542. The van der Waals surface area contributed by atoms with Gasteiger partial charge in [0.2, 0.25) is 5.75 Å². The molecule has 6 nitrogen and oxygen atoms in total. The molecular weight excluding hydrogens is 298 g/mol. The summed E-state index contributed by atoms with van der Waals surface area (Å²) < 4.78 is 27.3. The van der Waals surface area contributed by atoms with Gasteiger partial charge in [-0.15, -0.1) is 0 Å². The highest BCUT2D eigenvalue weighted by atomic mass is 16.5. The predicted molar refractivity (Wildman–Crippen MR) is 88.6 cm³/mol. The first kappa shape index (κ1) is 15.1.